The zero-order valence-electron chi connectivity index (χ0n) is 8.69. The zero-order valence-corrected chi connectivity index (χ0v) is 8.69. The number of halogens is 1. The maximum atomic E-state index is 12.9. The highest BCUT2D eigenvalue weighted by Gasteiger charge is 2.18. The Hall–Kier alpha value is -1.46. The largest absolute Gasteiger partial charge is 0.480 e. The number of aliphatic hydroxyl groups excluding tert-OH is 1. The standard InChI is InChI=1S/C11H14FNO3/c12-9-4-1-3-8(7-9)10(11(15)16)13-5-2-6-14/h1,3-4,7,10,13-14H,2,5-6H2,(H,15,16). The predicted octanol–water partition coefficient (Wildman–Crippen LogP) is 0.923. The fourth-order valence-electron chi connectivity index (χ4n) is 1.36. The van der Waals surface area contributed by atoms with Crippen molar-refractivity contribution in [2.24, 2.45) is 0 Å². The van der Waals surface area contributed by atoms with E-state index in [0.29, 0.717) is 18.5 Å². The Kier molecular flexibility index (Phi) is 4.88. The van der Waals surface area contributed by atoms with Gasteiger partial charge in [-0.3, -0.25) is 4.79 Å². The molecule has 0 heterocycles. The van der Waals surface area contributed by atoms with Gasteiger partial charge in [-0.25, -0.2) is 4.39 Å². The normalized spacial score (nSPS) is 12.4. The summed E-state index contributed by atoms with van der Waals surface area (Å²) in [5.74, 6) is -1.53. The molecule has 1 unspecified atom stereocenters. The Morgan fingerprint density at radius 1 is 1.50 bits per heavy atom. The number of benzene rings is 1. The second kappa shape index (κ2) is 6.19. The number of rotatable bonds is 6. The van der Waals surface area contributed by atoms with Gasteiger partial charge >= 0.3 is 5.97 Å². The number of carboxylic acids is 1. The van der Waals surface area contributed by atoms with Gasteiger partial charge in [0.05, 0.1) is 0 Å². The summed E-state index contributed by atoms with van der Waals surface area (Å²) in [6, 6.07) is 4.52. The molecule has 0 amide bonds. The zero-order chi connectivity index (χ0) is 12.0. The van der Waals surface area contributed by atoms with Gasteiger partial charge in [0.25, 0.3) is 0 Å². The van der Waals surface area contributed by atoms with E-state index >= 15 is 0 Å². The second-order valence-corrected chi connectivity index (χ2v) is 3.36. The van der Waals surface area contributed by atoms with Gasteiger partial charge < -0.3 is 15.5 Å². The van der Waals surface area contributed by atoms with E-state index in [0.717, 1.165) is 0 Å². The van der Waals surface area contributed by atoms with E-state index in [1.165, 1.54) is 18.2 Å². The summed E-state index contributed by atoms with van der Waals surface area (Å²) in [5.41, 5.74) is 0.366. The van der Waals surface area contributed by atoms with Crippen LogP contribution in [-0.4, -0.2) is 29.3 Å². The number of carboxylic acid groups (broad SMARTS) is 1. The van der Waals surface area contributed by atoms with Crippen molar-refractivity contribution in [1.29, 1.82) is 0 Å². The molecule has 1 aromatic carbocycles. The van der Waals surface area contributed by atoms with Crippen LogP contribution in [0.3, 0.4) is 0 Å². The van der Waals surface area contributed by atoms with Crippen LogP contribution in [0.1, 0.15) is 18.0 Å². The SMILES string of the molecule is O=C(O)C(NCCCO)c1cccc(F)c1. The molecule has 1 atom stereocenters. The molecule has 16 heavy (non-hydrogen) atoms. The molecule has 0 aliphatic carbocycles. The van der Waals surface area contributed by atoms with Crippen molar-refractivity contribution in [3.8, 4) is 0 Å². The van der Waals surface area contributed by atoms with Crippen LogP contribution in [0.5, 0.6) is 0 Å². The van der Waals surface area contributed by atoms with Gasteiger partial charge in [0.2, 0.25) is 0 Å². The van der Waals surface area contributed by atoms with E-state index in [2.05, 4.69) is 5.32 Å². The first-order chi connectivity index (χ1) is 7.65. The number of carbonyl (C=O) groups is 1. The maximum Gasteiger partial charge on any atom is 0.325 e. The minimum absolute atomic E-state index is 0.0114. The third-order valence-electron chi connectivity index (χ3n) is 2.11. The summed E-state index contributed by atoms with van der Waals surface area (Å²) in [5, 5.41) is 20.3. The minimum Gasteiger partial charge on any atom is -0.480 e. The topological polar surface area (TPSA) is 69.6 Å². The van der Waals surface area contributed by atoms with E-state index in [9.17, 15) is 9.18 Å². The molecule has 3 N–H and O–H groups in total. The highest BCUT2D eigenvalue weighted by molar-refractivity contribution is 5.75. The molecule has 0 aliphatic heterocycles. The van der Waals surface area contributed by atoms with Crippen molar-refractivity contribution < 1.29 is 19.4 Å². The smallest absolute Gasteiger partial charge is 0.325 e. The van der Waals surface area contributed by atoms with Crippen molar-refractivity contribution in [2.75, 3.05) is 13.2 Å². The van der Waals surface area contributed by atoms with Gasteiger partial charge in [0, 0.05) is 6.61 Å². The highest BCUT2D eigenvalue weighted by Crippen LogP contribution is 2.14. The summed E-state index contributed by atoms with van der Waals surface area (Å²) in [6.45, 7) is 0.354. The Morgan fingerprint density at radius 2 is 2.25 bits per heavy atom. The Morgan fingerprint density at radius 3 is 2.81 bits per heavy atom. The lowest BCUT2D eigenvalue weighted by Gasteiger charge is -2.14. The second-order valence-electron chi connectivity index (χ2n) is 3.36. The highest BCUT2D eigenvalue weighted by atomic mass is 19.1. The molecule has 0 bridgehead atoms. The van der Waals surface area contributed by atoms with Gasteiger partial charge in [-0.05, 0) is 30.7 Å². The van der Waals surface area contributed by atoms with Crippen LogP contribution >= 0.6 is 0 Å². The number of hydrogen-bond acceptors (Lipinski definition) is 3. The Bertz CT molecular complexity index is 357. The lowest BCUT2D eigenvalue weighted by atomic mass is 10.1. The molecule has 0 spiro atoms. The summed E-state index contributed by atoms with van der Waals surface area (Å²) < 4.78 is 12.9. The first-order valence-corrected chi connectivity index (χ1v) is 4.97. The van der Waals surface area contributed by atoms with E-state index in [4.69, 9.17) is 10.2 Å². The van der Waals surface area contributed by atoms with Crippen molar-refractivity contribution in [1.82, 2.24) is 5.32 Å². The minimum atomic E-state index is -1.07. The summed E-state index contributed by atoms with van der Waals surface area (Å²) in [6.07, 6.45) is 0.457. The molecule has 0 fully saturated rings. The molecule has 5 heteroatoms. The Balaban J connectivity index is 2.73. The van der Waals surface area contributed by atoms with Crippen molar-refractivity contribution in [3.63, 3.8) is 0 Å². The van der Waals surface area contributed by atoms with Crippen molar-refractivity contribution in [2.45, 2.75) is 12.5 Å². The van der Waals surface area contributed by atoms with Gasteiger partial charge in [0.15, 0.2) is 0 Å². The first kappa shape index (κ1) is 12.6. The number of aliphatic carboxylic acids is 1. The summed E-state index contributed by atoms with van der Waals surface area (Å²) >= 11 is 0. The molecular formula is C11H14FNO3. The van der Waals surface area contributed by atoms with E-state index in [1.54, 1.807) is 6.07 Å². The molecular weight excluding hydrogens is 213 g/mol. The molecule has 4 nitrogen and oxygen atoms in total. The van der Waals surface area contributed by atoms with Crippen LogP contribution in [0, 0.1) is 5.82 Å². The molecule has 1 rings (SSSR count). The number of nitrogens with one attached hydrogen (secondary N) is 1. The van der Waals surface area contributed by atoms with E-state index < -0.39 is 17.8 Å². The fraction of sp³-hybridized carbons (Fsp3) is 0.364. The van der Waals surface area contributed by atoms with Crippen LogP contribution in [0.15, 0.2) is 24.3 Å². The van der Waals surface area contributed by atoms with Crippen LogP contribution in [0.4, 0.5) is 4.39 Å². The van der Waals surface area contributed by atoms with Crippen LogP contribution in [0.25, 0.3) is 0 Å². The van der Waals surface area contributed by atoms with Gasteiger partial charge in [-0.15, -0.1) is 0 Å². The number of aliphatic hydroxyl groups is 1. The molecule has 0 aliphatic rings. The van der Waals surface area contributed by atoms with Gasteiger partial charge in [0.1, 0.15) is 11.9 Å². The lowest BCUT2D eigenvalue weighted by Crippen LogP contribution is -2.29. The quantitative estimate of drug-likeness (QED) is 0.632. The first-order valence-electron chi connectivity index (χ1n) is 4.97. The molecule has 0 radical (unpaired) electrons. The van der Waals surface area contributed by atoms with Gasteiger partial charge in [-0.2, -0.15) is 0 Å². The van der Waals surface area contributed by atoms with E-state index in [-0.39, 0.29) is 6.61 Å². The summed E-state index contributed by atoms with van der Waals surface area (Å²) in [4.78, 5) is 11.0. The molecule has 88 valence electrons. The third kappa shape index (κ3) is 3.60. The maximum absolute atomic E-state index is 12.9. The average Bonchev–Trinajstić information content (AvgIpc) is 2.24. The average molecular weight is 227 g/mol. The lowest BCUT2D eigenvalue weighted by molar-refractivity contribution is -0.139. The van der Waals surface area contributed by atoms with Gasteiger partial charge in [-0.1, -0.05) is 12.1 Å². The molecule has 0 saturated heterocycles. The molecule has 0 saturated carbocycles. The van der Waals surface area contributed by atoms with Crippen LogP contribution in [-0.2, 0) is 4.79 Å². The molecule has 1 aromatic rings. The third-order valence-corrected chi connectivity index (χ3v) is 2.11. The van der Waals surface area contributed by atoms with E-state index in [1.807, 2.05) is 0 Å². The Labute approximate surface area is 92.7 Å². The van der Waals surface area contributed by atoms with Crippen molar-refractivity contribution in [3.05, 3.63) is 35.6 Å². The monoisotopic (exact) mass is 227 g/mol. The van der Waals surface area contributed by atoms with Crippen LogP contribution < -0.4 is 5.32 Å². The number of hydrogen-bond donors (Lipinski definition) is 3. The van der Waals surface area contributed by atoms with Crippen LogP contribution in [0.2, 0.25) is 0 Å². The fourth-order valence-corrected chi connectivity index (χ4v) is 1.36. The predicted molar refractivity (Wildman–Crippen MR) is 56.5 cm³/mol. The summed E-state index contributed by atoms with van der Waals surface area (Å²) in [7, 11) is 0. The van der Waals surface area contributed by atoms with Crippen molar-refractivity contribution >= 4 is 5.97 Å². The molecule has 0 aromatic heterocycles.